The van der Waals surface area contributed by atoms with Gasteiger partial charge in [0.15, 0.2) is 6.04 Å². The molecule has 4 rings (SSSR count). The van der Waals surface area contributed by atoms with Gasteiger partial charge in [0.1, 0.15) is 6.33 Å². The Morgan fingerprint density at radius 3 is 2.78 bits per heavy atom. The normalized spacial score (nSPS) is 26.3. The van der Waals surface area contributed by atoms with E-state index in [0.717, 1.165) is 12.1 Å². The van der Waals surface area contributed by atoms with Gasteiger partial charge in [-0.15, -0.1) is 5.10 Å². The number of carbonyl (C=O) groups excluding carboxylic acids is 1. The molecule has 118 valence electrons. The van der Waals surface area contributed by atoms with E-state index in [2.05, 4.69) is 33.0 Å². The smallest absolute Gasteiger partial charge is 0.249 e. The summed E-state index contributed by atoms with van der Waals surface area (Å²) >= 11 is 0. The Hall–Kier alpha value is -2.50. The summed E-state index contributed by atoms with van der Waals surface area (Å²) in [6.45, 7) is 0.718. The lowest BCUT2D eigenvalue weighted by atomic mass is 9.93. The molecule has 2 aromatic rings. The molecule has 1 amide bonds. The summed E-state index contributed by atoms with van der Waals surface area (Å²) in [5.74, 6) is 1.84. The largest absolute Gasteiger partial charge is 0.354 e. The fourth-order valence-corrected chi connectivity index (χ4v) is 3.80. The van der Waals surface area contributed by atoms with Crippen LogP contribution in [0.3, 0.4) is 0 Å². The highest BCUT2D eigenvalue weighted by atomic mass is 16.2. The zero-order valence-corrected chi connectivity index (χ0v) is 12.7. The van der Waals surface area contributed by atoms with Gasteiger partial charge in [-0.1, -0.05) is 42.5 Å². The lowest BCUT2D eigenvalue weighted by Gasteiger charge is -2.21. The van der Waals surface area contributed by atoms with E-state index in [4.69, 9.17) is 0 Å². The second-order valence-corrected chi connectivity index (χ2v) is 6.39. The molecule has 1 saturated carbocycles. The van der Waals surface area contributed by atoms with E-state index < -0.39 is 6.04 Å². The van der Waals surface area contributed by atoms with Crippen molar-refractivity contribution in [2.75, 3.05) is 6.54 Å². The molecule has 1 heterocycles. The van der Waals surface area contributed by atoms with Crippen LogP contribution in [0.1, 0.15) is 24.4 Å². The highest BCUT2D eigenvalue weighted by Gasteiger charge is 2.36. The number of hydrogen-bond acceptors (Lipinski definition) is 4. The number of benzene rings is 1. The highest BCUT2D eigenvalue weighted by Crippen LogP contribution is 2.43. The van der Waals surface area contributed by atoms with Gasteiger partial charge in [-0.2, -0.15) is 0 Å². The van der Waals surface area contributed by atoms with Gasteiger partial charge in [-0.3, -0.25) is 4.79 Å². The van der Waals surface area contributed by atoms with Crippen molar-refractivity contribution in [1.29, 1.82) is 0 Å². The molecule has 2 bridgehead atoms. The van der Waals surface area contributed by atoms with E-state index in [-0.39, 0.29) is 5.91 Å². The number of fused-ring (bicyclic) bond motifs is 2. The minimum Gasteiger partial charge on any atom is -0.354 e. The van der Waals surface area contributed by atoms with Crippen molar-refractivity contribution in [2.24, 2.45) is 17.8 Å². The van der Waals surface area contributed by atoms with E-state index in [9.17, 15) is 4.79 Å². The number of allylic oxidation sites excluding steroid dienone is 2. The maximum atomic E-state index is 12.8. The molecule has 1 fully saturated rings. The van der Waals surface area contributed by atoms with E-state index in [0.29, 0.717) is 17.8 Å². The topological polar surface area (TPSA) is 72.7 Å². The summed E-state index contributed by atoms with van der Waals surface area (Å²) in [6.07, 6.45) is 8.54. The SMILES string of the molecule is O=C(NC[C@H]1C[C@H]2C=C[C@H]1C2)[C@@H](c1ccccc1)n1cnnn1. The molecule has 0 aliphatic heterocycles. The van der Waals surface area contributed by atoms with Crippen molar-refractivity contribution < 1.29 is 4.79 Å². The van der Waals surface area contributed by atoms with Gasteiger partial charge < -0.3 is 5.32 Å². The molecular formula is C17H19N5O. The molecule has 6 heteroatoms. The maximum Gasteiger partial charge on any atom is 0.249 e. The fourth-order valence-electron chi connectivity index (χ4n) is 3.80. The first kappa shape index (κ1) is 14.1. The molecule has 1 aromatic heterocycles. The Labute approximate surface area is 134 Å². The average Bonchev–Trinajstić information content (AvgIpc) is 3.32. The number of rotatable bonds is 5. The van der Waals surface area contributed by atoms with Crippen LogP contribution in [0.15, 0.2) is 48.8 Å². The Morgan fingerprint density at radius 1 is 1.26 bits per heavy atom. The number of nitrogens with one attached hydrogen (secondary N) is 1. The maximum absolute atomic E-state index is 12.8. The van der Waals surface area contributed by atoms with Gasteiger partial charge in [-0.05, 0) is 46.6 Å². The molecule has 0 spiro atoms. The fraction of sp³-hybridized carbons (Fsp3) is 0.412. The van der Waals surface area contributed by atoms with Gasteiger partial charge in [0.2, 0.25) is 5.91 Å². The number of carbonyl (C=O) groups is 1. The predicted octanol–water partition coefficient (Wildman–Crippen LogP) is 1.59. The summed E-state index contributed by atoms with van der Waals surface area (Å²) in [7, 11) is 0. The van der Waals surface area contributed by atoms with Crippen LogP contribution in [0.25, 0.3) is 0 Å². The molecule has 6 nitrogen and oxygen atoms in total. The Kier molecular flexibility index (Phi) is 3.65. The van der Waals surface area contributed by atoms with Gasteiger partial charge >= 0.3 is 0 Å². The predicted molar refractivity (Wildman–Crippen MR) is 84.3 cm³/mol. The van der Waals surface area contributed by atoms with Crippen LogP contribution >= 0.6 is 0 Å². The van der Waals surface area contributed by atoms with Crippen LogP contribution in [0.5, 0.6) is 0 Å². The highest BCUT2D eigenvalue weighted by molar-refractivity contribution is 5.83. The van der Waals surface area contributed by atoms with E-state index in [1.54, 1.807) is 0 Å². The van der Waals surface area contributed by atoms with E-state index in [1.165, 1.54) is 23.9 Å². The van der Waals surface area contributed by atoms with Gasteiger partial charge in [0, 0.05) is 6.54 Å². The first-order valence-electron chi connectivity index (χ1n) is 8.04. The first-order valence-corrected chi connectivity index (χ1v) is 8.04. The summed E-state index contributed by atoms with van der Waals surface area (Å²) in [5, 5.41) is 14.3. The van der Waals surface area contributed by atoms with Crippen molar-refractivity contribution in [3.63, 3.8) is 0 Å². The van der Waals surface area contributed by atoms with Crippen molar-refractivity contribution in [2.45, 2.75) is 18.9 Å². The molecule has 4 atom stereocenters. The monoisotopic (exact) mass is 309 g/mol. The number of tetrazole rings is 1. The third kappa shape index (κ3) is 2.76. The molecular weight excluding hydrogens is 290 g/mol. The molecule has 0 radical (unpaired) electrons. The van der Waals surface area contributed by atoms with Gasteiger partial charge in [0.05, 0.1) is 0 Å². The second-order valence-electron chi connectivity index (χ2n) is 6.39. The number of nitrogens with zero attached hydrogens (tertiary/aromatic N) is 4. The quantitative estimate of drug-likeness (QED) is 0.851. The molecule has 2 aliphatic carbocycles. The molecule has 0 saturated heterocycles. The van der Waals surface area contributed by atoms with Crippen molar-refractivity contribution >= 4 is 5.91 Å². The Bertz CT molecular complexity index is 697. The van der Waals surface area contributed by atoms with Crippen molar-refractivity contribution in [3.8, 4) is 0 Å². The molecule has 0 unspecified atom stereocenters. The molecule has 23 heavy (non-hydrogen) atoms. The minimum absolute atomic E-state index is 0.0600. The lowest BCUT2D eigenvalue weighted by molar-refractivity contribution is -0.123. The van der Waals surface area contributed by atoms with Crippen molar-refractivity contribution in [1.82, 2.24) is 25.5 Å². The third-order valence-corrected chi connectivity index (χ3v) is 4.95. The van der Waals surface area contributed by atoms with Crippen LogP contribution in [-0.4, -0.2) is 32.7 Å². The standard InChI is InChI=1S/C17H19N5O/c23-17(18-10-15-9-12-6-7-14(15)8-12)16(22-11-19-20-21-22)13-4-2-1-3-5-13/h1-7,11-12,14-16H,8-10H2,(H,18,23)/t12-,14-,15+,16+/m0/s1. The summed E-state index contributed by atoms with van der Waals surface area (Å²) in [6, 6.07) is 9.08. The van der Waals surface area contributed by atoms with E-state index >= 15 is 0 Å². The van der Waals surface area contributed by atoms with Crippen LogP contribution in [-0.2, 0) is 4.79 Å². The summed E-state index contributed by atoms with van der Waals surface area (Å²) in [4.78, 5) is 12.8. The Balaban J connectivity index is 1.48. The van der Waals surface area contributed by atoms with Crippen LogP contribution in [0.2, 0.25) is 0 Å². The number of amides is 1. The van der Waals surface area contributed by atoms with Gasteiger partial charge in [0.25, 0.3) is 0 Å². The third-order valence-electron chi connectivity index (χ3n) is 4.95. The van der Waals surface area contributed by atoms with Crippen LogP contribution < -0.4 is 5.32 Å². The van der Waals surface area contributed by atoms with E-state index in [1.807, 2.05) is 30.3 Å². The number of hydrogen-bond donors (Lipinski definition) is 1. The first-order chi connectivity index (χ1) is 11.3. The molecule has 2 aliphatic rings. The molecule has 1 aromatic carbocycles. The number of aromatic nitrogens is 4. The zero-order chi connectivity index (χ0) is 15.6. The summed E-state index contributed by atoms with van der Waals surface area (Å²) in [5.41, 5.74) is 0.880. The second kappa shape index (κ2) is 5.95. The summed E-state index contributed by atoms with van der Waals surface area (Å²) < 4.78 is 1.51. The van der Waals surface area contributed by atoms with Crippen LogP contribution in [0, 0.1) is 17.8 Å². The lowest BCUT2D eigenvalue weighted by Crippen LogP contribution is -2.37. The minimum atomic E-state index is -0.527. The van der Waals surface area contributed by atoms with Crippen LogP contribution in [0.4, 0.5) is 0 Å². The van der Waals surface area contributed by atoms with Gasteiger partial charge in [-0.25, -0.2) is 4.68 Å². The Morgan fingerprint density at radius 2 is 2.13 bits per heavy atom. The average molecular weight is 309 g/mol. The van der Waals surface area contributed by atoms with Crippen molar-refractivity contribution in [3.05, 3.63) is 54.4 Å². The zero-order valence-electron chi connectivity index (χ0n) is 12.7. The molecule has 1 N–H and O–H groups in total.